The molecule has 0 atom stereocenters. The minimum absolute atomic E-state index is 0.388. The zero-order valence-corrected chi connectivity index (χ0v) is 13.4. The van der Waals surface area contributed by atoms with Crippen molar-refractivity contribution in [3.05, 3.63) is 63.7 Å². The van der Waals surface area contributed by atoms with Gasteiger partial charge in [-0.1, -0.05) is 35.9 Å². The van der Waals surface area contributed by atoms with Gasteiger partial charge in [0.1, 0.15) is 6.61 Å². The Morgan fingerprint density at radius 3 is 2.81 bits per heavy atom. The molecule has 21 heavy (non-hydrogen) atoms. The average Bonchev–Trinajstić information content (AvgIpc) is 2.46. The van der Waals surface area contributed by atoms with Crippen molar-refractivity contribution in [2.24, 2.45) is 0 Å². The van der Waals surface area contributed by atoms with Gasteiger partial charge in [0.2, 0.25) is 0 Å². The molecule has 0 bridgehead atoms. The molecule has 0 radical (unpaired) electrons. The van der Waals surface area contributed by atoms with Gasteiger partial charge in [0, 0.05) is 22.2 Å². The Labute approximate surface area is 135 Å². The third kappa shape index (κ3) is 2.96. The van der Waals surface area contributed by atoms with Crippen molar-refractivity contribution in [1.29, 1.82) is 0 Å². The van der Waals surface area contributed by atoms with Gasteiger partial charge in [-0.05, 0) is 34.1 Å². The van der Waals surface area contributed by atoms with Crippen molar-refractivity contribution in [3.63, 3.8) is 0 Å². The summed E-state index contributed by atoms with van der Waals surface area (Å²) < 4.78 is 6.58. The van der Waals surface area contributed by atoms with E-state index in [1.54, 1.807) is 18.3 Å². The van der Waals surface area contributed by atoms with E-state index in [0.29, 0.717) is 23.1 Å². The predicted molar refractivity (Wildman–Crippen MR) is 89.6 cm³/mol. The number of anilines is 1. The van der Waals surface area contributed by atoms with Gasteiger partial charge in [-0.2, -0.15) is 0 Å². The van der Waals surface area contributed by atoms with Crippen molar-refractivity contribution in [1.82, 2.24) is 4.98 Å². The molecule has 0 fully saturated rings. The SMILES string of the molecule is Nc1cc(Cl)cc(Br)c1OCc1cccc2cccnc12. The Morgan fingerprint density at radius 2 is 2.00 bits per heavy atom. The highest BCUT2D eigenvalue weighted by molar-refractivity contribution is 9.10. The van der Waals surface area contributed by atoms with E-state index in [1.807, 2.05) is 30.3 Å². The molecule has 0 saturated heterocycles. The second-order valence-electron chi connectivity index (χ2n) is 4.59. The minimum Gasteiger partial charge on any atom is -0.485 e. The number of hydrogen-bond donors (Lipinski definition) is 1. The number of para-hydroxylation sites is 1. The summed E-state index contributed by atoms with van der Waals surface area (Å²) in [6.07, 6.45) is 1.78. The van der Waals surface area contributed by atoms with Crippen molar-refractivity contribution in [2.75, 3.05) is 5.73 Å². The van der Waals surface area contributed by atoms with Crippen LogP contribution in [0.15, 0.2) is 53.1 Å². The number of nitrogens with zero attached hydrogens (tertiary/aromatic N) is 1. The summed E-state index contributed by atoms with van der Waals surface area (Å²) in [6.45, 7) is 0.388. The molecule has 0 aliphatic carbocycles. The lowest BCUT2D eigenvalue weighted by atomic mass is 10.1. The maximum atomic E-state index is 5.94. The number of pyridine rings is 1. The lowest BCUT2D eigenvalue weighted by molar-refractivity contribution is 0.307. The van der Waals surface area contributed by atoms with Crippen molar-refractivity contribution < 1.29 is 4.74 Å². The summed E-state index contributed by atoms with van der Waals surface area (Å²) in [7, 11) is 0. The summed E-state index contributed by atoms with van der Waals surface area (Å²) in [5, 5.41) is 1.65. The maximum absolute atomic E-state index is 5.94. The zero-order chi connectivity index (χ0) is 14.8. The summed E-state index contributed by atoms with van der Waals surface area (Å²) in [4.78, 5) is 4.41. The topological polar surface area (TPSA) is 48.1 Å². The van der Waals surface area contributed by atoms with Crippen LogP contribution in [-0.4, -0.2) is 4.98 Å². The third-order valence-electron chi connectivity index (χ3n) is 3.13. The lowest BCUT2D eigenvalue weighted by Crippen LogP contribution is -2.01. The van der Waals surface area contributed by atoms with E-state index in [-0.39, 0.29) is 0 Å². The summed E-state index contributed by atoms with van der Waals surface area (Å²) in [5.74, 6) is 0.590. The molecule has 0 amide bonds. The smallest absolute Gasteiger partial charge is 0.156 e. The fourth-order valence-electron chi connectivity index (χ4n) is 2.17. The Hall–Kier alpha value is -1.78. The van der Waals surface area contributed by atoms with Gasteiger partial charge < -0.3 is 10.5 Å². The zero-order valence-electron chi connectivity index (χ0n) is 11.0. The molecule has 0 aliphatic heterocycles. The molecule has 2 N–H and O–H groups in total. The third-order valence-corrected chi connectivity index (χ3v) is 3.93. The molecule has 5 heteroatoms. The van der Waals surface area contributed by atoms with Crippen LogP contribution >= 0.6 is 27.5 Å². The molecule has 0 aliphatic rings. The summed E-state index contributed by atoms with van der Waals surface area (Å²) in [5.41, 5.74) is 8.39. The number of benzene rings is 2. The number of aromatic nitrogens is 1. The predicted octanol–water partition coefficient (Wildman–Crippen LogP) is 4.81. The van der Waals surface area contributed by atoms with Crippen molar-refractivity contribution in [3.8, 4) is 5.75 Å². The Bertz CT molecular complexity index is 779. The Kier molecular flexibility index (Phi) is 3.99. The van der Waals surface area contributed by atoms with Crippen LogP contribution in [0.1, 0.15) is 5.56 Å². The van der Waals surface area contributed by atoms with E-state index in [2.05, 4.69) is 20.9 Å². The molecular formula is C16H12BrClN2O. The van der Waals surface area contributed by atoms with Crippen molar-refractivity contribution in [2.45, 2.75) is 6.61 Å². The highest BCUT2D eigenvalue weighted by atomic mass is 79.9. The first kappa shape index (κ1) is 14.2. The molecule has 3 nitrogen and oxygen atoms in total. The van der Waals surface area contributed by atoms with Gasteiger partial charge in [-0.25, -0.2) is 0 Å². The highest BCUT2D eigenvalue weighted by Crippen LogP contribution is 2.35. The number of fused-ring (bicyclic) bond motifs is 1. The van der Waals surface area contributed by atoms with E-state index in [9.17, 15) is 0 Å². The van der Waals surface area contributed by atoms with Crippen LogP contribution in [0.5, 0.6) is 5.75 Å². The molecular weight excluding hydrogens is 352 g/mol. The van der Waals surface area contributed by atoms with Gasteiger partial charge in [0.05, 0.1) is 15.7 Å². The highest BCUT2D eigenvalue weighted by Gasteiger charge is 2.09. The average molecular weight is 364 g/mol. The fourth-order valence-corrected chi connectivity index (χ4v) is 3.11. The van der Waals surface area contributed by atoms with E-state index in [4.69, 9.17) is 22.1 Å². The number of nitrogens with two attached hydrogens (primary N) is 1. The normalized spacial score (nSPS) is 10.8. The van der Waals surface area contributed by atoms with E-state index < -0.39 is 0 Å². The Balaban J connectivity index is 1.91. The molecule has 0 unspecified atom stereocenters. The van der Waals surface area contributed by atoms with Gasteiger partial charge in [-0.15, -0.1) is 0 Å². The first-order chi connectivity index (χ1) is 10.1. The second kappa shape index (κ2) is 5.92. The molecule has 106 valence electrons. The molecule has 3 aromatic rings. The number of nitrogen functional groups attached to an aromatic ring is 1. The molecule has 3 rings (SSSR count). The summed E-state index contributed by atoms with van der Waals surface area (Å²) >= 11 is 9.36. The first-order valence-electron chi connectivity index (χ1n) is 6.35. The second-order valence-corrected chi connectivity index (χ2v) is 5.88. The first-order valence-corrected chi connectivity index (χ1v) is 7.52. The van der Waals surface area contributed by atoms with E-state index >= 15 is 0 Å². The number of ether oxygens (including phenoxy) is 1. The molecule has 1 heterocycles. The van der Waals surface area contributed by atoms with Crippen LogP contribution in [0.2, 0.25) is 5.02 Å². The quantitative estimate of drug-likeness (QED) is 0.679. The number of halogens is 2. The Morgan fingerprint density at radius 1 is 1.19 bits per heavy atom. The number of hydrogen-bond acceptors (Lipinski definition) is 3. The van der Waals surface area contributed by atoms with Gasteiger partial charge in [0.25, 0.3) is 0 Å². The molecule has 2 aromatic carbocycles. The van der Waals surface area contributed by atoms with Crippen LogP contribution in [0, 0.1) is 0 Å². The van der Waals surface area contributed by atoms with Crippen molar-refractivity contribution >= 4 is 44.1 Å². The standard InChI is InChI=1S/C16H12BrClN2O/c17-13-7-12(18)8-14(19)16(13)21-9-11-4-1-3-10-5-2-6-20-15(10)11/h1-8H,9,19H2. The van der Waals surface area contributed by atoms with Crippen LogP contribution in [0.25, 0.3) is 10.9 Å². The molecule has 0 saturated carbocycles. The maximum Gasteiger partial charge on any atom is 0.156 e. The van der Waals surface area contributed by atoms with E-state index in [1.165, 1.54) is 0 Å². The number of rotatable bonds is 3. The van der Waals surface area contributed by atoms with Crippen LogP contribution in [0.3, 0.4) is 0 Å². The monoisotopic (exact) mass is 362 g/mol. The van der Waals surface area contributed by atoms with E-state index in [0.717, 1.165) is 20.9 Å². The minimum atomic E-state index is 0.388. The van der Waals surface area contributed by atoms with Gasteiger partial charge in [-0.3, -0.25) is 4.98 Å². The molecule has 1 aromatic heterocycles. The van der Waals surface area contributed by atoms with Gasteiger partial charge >= 0.3 is 0 Å². The largest absolute Gasteiger partial charge is 0.485 e. The summed E-state index contributed by atoms with van der Waals surface area (Å²) in [6, 6.07) is 13.4. The molecule has 0 spiro atoms. The van der Waals surface area contributed by atoms with Crippen LogP contribution in [-0.2, 0) is 6.61 Å². The van der Waals surface area contributed by atoms with Gasteiger partial charge in [0.15, 0.2) is 5.75 Å². The fraction of sp³-hybridized carbons (Fsp3) is 0.0625. The van der Waals surface area contributed by atoms with Crippen LogP contribution in [0.4, 0.5) is 5.69 Å². The van der Waals surface area contributed by atoms with Crippen LogP contribution < -0.4 is 10.5 Å². The lowest BCUT2D eigenvalue weighted by Gasteiger charge is -2.12.